The van der Waals surface area contributed by atoms with Crippen molar-refractivity contribution in [3.05, 3.63) is 0 Å². The largest absolute Gasteiger partial charge is 0.378 e. The van der Waals surface area contributed by atoms with Crippen molar-refractivity contribution in [1.29, 1.82) is 0 Å². The van der Waals surface area contributed by atoms with Gasteiger partial charge in [-0.3, -0.25) is 0 Å². The molecular formula is C11H23BNO4PS. The highest BCUT2D eigenvalue weighted by atomic mass is 32.5. The van der Waals surface area contributed by atoms with Crippen LogP contribution in [0.5, 0.6) is 0 Å². The van der Waals surface area contributed by atoms with E-state index in [1.54, 1.807) is 0 Å². The lowest BCUT2D eigenvalue weighted by atomic mass is 9.91. The molecule has 5 nitrogen and oxygen atoms in total. The molecule has 0 spiro atoms. The molecule has 1 heterocycles. The lowest BCUT2D eigenvalue weighted by Gasteiger charge is -2.28. The summed E-state index contributed by atoms with van der Waals surface area (Å²) >= 11 is 5.14. The molecule has 1 saturated heterocycles. The molecule has 0 aromatic carbocycles. The zero-order valence-corrected chi connectivity index (χ0v) is 13.6. The molecule has 0 aromatic heterocycles. The third-order valence-electron chi connectivity index (χ3n) is 2.98. The van der Waals surface area contributed by atoms with Gasteiger partial charge < -0.3 is 24.6 Å². The summed E-state index contributed by atoms with van der Waals surface area (Å²) in [6.45, 7) is 4.91. The summed E-state index contributed by atoms with van der Waals surface area (Å²) in [4.78, 5) is 10.2. The first-order valence-electron chi connectivity index (χ1n) is 6.44. The fourth-order valence-electron chi connectivity index (χ4n) is 1.66. The molecule has 3 N–H and O–H groups in total. The second-order valence-corrected chi connectivity index (χ2v) is 9.27. The molecule has 0 amide bonds. The van der Waals surface area contributed by atoms with Gasteiger partial charge >= 0.3 is 0 Å². The average Bonchev–Trinajstić information content (AvgIpc) is 2.53. The highest BCUT2D eigenvalue weighted by molar-refractivity contribution is 8.09. The molecule has 2 radical (unpaired) electrons. The normalized spacial score (nSPS) is 34.9. The van der Waals surface area contributed by atoms with Crippen LogP contribution in [0, 0.1) is 0 Å². The van der Waals surface area contributed by atoms with E-state index in [1.165, 1.54) is 0 Å². The number of hydrogen-bond acceptors (Lipinski definition) is 5. The van der Waals surface area contributed by atoms with Crippen LogP contribution >= 0.6 is 6.49 Å². The average molecular weight is 307 g/mol. The van der Waals surface area contributed by atoms with Crippen molar-refractivity contribution < 1.29 is 18.9 Å². The monoisotopic (exact) mass is 307 g/mol. The lowest BCUT2D eigenvalue weighted by molar-refractivity contribution is -0.0416. The van der Waals surface area contributed by atoms with Crippen LogP contribution in [0.4, 0.5) is 0 Å². The summed E-state index contributed by atoms with van der Waals surface area (Å²) in [6, 6.07) is -1.15. The van der Waals surface area contributed by atoms with Crippen LogP contribution < -0.4 is 5.73 Å². The van der Waals surface area contributed by atoms with Crippen LogP contribution in [0.3, 0.4) is 0 Å². The van der Waals surface area contributed by atoms with Gasteiger partial charge in [-0.15, -0.1) is 0 Å². The summed E-state index contributed by atoms with van der Waals surface area (Å²) < 4.78 is 16.7. The summed E-state index contributed by atoms with van der Waals surface area (Å²) in [7, 11) is 5.77. The van der Waals surface area contributed by atoms with E-state index in [2.05, 4.69) is 0 Å². The predicted molar refractivity (Wildman–Crippen MR) is 80.0 cm³/mol. The maximum absolute atomic E-state index is 10.2. The predicted octanol–water partition coefficient (Wildman–Crippen LogP) is 0.727. The summed E-state index contributed by atoms with van der Waals surface area (Å²) in [5.41, 5.74) is 5.82. The topological polar surface area (TPSA) is 73.9 Å². The standard InChI is InChI=1S/C11H23BNO4PS/c1-6(2)15-5-8-10(9(13)11(12)16-8)17-18(14,19)7(3)4/h6-11H,5,13H2,1-4H3,(H,14,19)/t8-,9-,10-,11-,18?/m1/s1. The molecule has 1 aliphatic rings. The quantitative estimate of drug-likeness (QED) is 0.557. The van der Waals surface area contributed by atoms with Crippen LogP contribution in [0.1, 0.15) is 27.7 Å². The van der Waals surface area contributed by atoms with Gasteiger partial charge in [0, 0.05) is 11.7 Å². The zero-order chi connectivity index (χ0) is 14.8. The van der Waals surface area contributed by atoms with E-state index in [9.17, 15) is 4.89 Å². The van der Waals surface area contributed by atoms with E-state index in [-0.39, 0.29) is 11.8 Å². The van der Waals surface area contributed by atoms with E-state index in [1.807, 2.05) is 27.7 Å². The first kappa shape index (κ1) is 17.6. The molecule has 1 aliphatic heterocycles. The van der Waals surface area contributed by atoms with Crippen LogP contribution in [0.25, 0.3) is 0 Å². The van der Waals surface area contributed by atoms with Crippen LogP contribution in [0.15, 0.2) is 0 Å². The Bertz CT molecular complexity index is 345. The van der Waals surface area contributed by atoms with E-state index in [0.717, 1.165) is 0 Å². The minimum Gasteiger partial charge on any atom is -0.378 e. The van der Waals surface area contributed by atoms with Gasteiger partial charge in [0.25, 0.3) is 0 Å². The highest BCUT2D eigenvalue weighted by Crippen LogP contribution is 2.50. The van der Waals surface area contributed by atoms with Gasteiger partial charge in [-0.1, -0.05) is 13.8 Å². The summed E-state index contributed by atoms with van der Waals surface area (Å²) in [5, 5.41) is 0. The van der Waals surface area contributed by atoms with Crippen LogP contribution in [0.2, 0.25) is 0 Å². The van der Waals surface area contributed by atoms with E-state index < -0.39 is 30.7 Å². The van der Waals surface area contributed by atoms with E-state index in [0.29, 0.717) is 6.61 Å². The van der Waals surface area contributed by atoms with Crippen molar-refractivity contribution in [1.82, 2.24) is 0 Å². The Labute approximate surface area is 121 Å². The van der Waals surface area contributed by atoms with Gasteiger partial charge in [0.05, 0.1) is 18.8 Å². The Morgan fingerprint density at radius 1 is 1.42 bits per heavy atom. The zero-order valence-electron chi connectivity index (χ0n) is 11.9. The number of ether oxygens (including phenoxy) is 2. The minimum atomic E-state index is -2.90. The molecule has 5 atom stereocenters. The third kappa shape index (κ3) is 4.78. The maximum Gasteiger partial charge on any atom is 0.189 e. The number of rotatable bonds is 6. The van der Waals surface area contributed by atoms with Gasteiger partial charge in [0.1, 0.15) is 20.1 Å². The Kier molecular flexibility index (Phi) is 6.46. The second-order valence-electron chi connectivity index (χ2n) is 5.33. The Morgan fingerprint density at radius 3 is 2.47 bits per heavy atom. The van der Waals surface area contributed by atoms with Crippen LogP contribution in [-0.2, 0) is 25.8 Å². The third-order valence-corrected chi connectivity index (χ3v) is 6.35. The van der Waals surface area contributed by atoms with Crippen molar-refractivity contribution >= 4 is 26.1 Å². The summed E-state index contributed by atoms with van der Waals surface area (Å²) in [6.07, 6.45) is -0.868. The molecule has 1 fully saturated rings. The lowest BCUT2D eigenvalue weighted by Crippen LogP contribution is -2.43. The molecule has 1 rings (SSSR count). The first-order chi connectivity index (χ1) is 8.65. The molecular weight excluding hydrogens is 284 g/mol. The smallest absolute Gasteiger partial charge is 0.189 e. The first-order valence-corrected chi connectivity index (χ1v) is 9.18. The van der Waals surface area contributed by atoms with Crippen molar-refractivity contribution in [3.63, 3.8) is 0 Å². The van der Waals surface area contributed by atoms with Gasteiger partial charge in [-0.2, -0.15) is 0 Å². The second kappa shape index (κ2) is 6.99. The highest BCUT2D eigenvalue weighted by Gasteiger charge is 2.43. The fraction of sp³-hybridized carbons (Fsp3) is 1.00. The Balaban J connectivity index is 2.72. The van der Waals surface area contributed by atoms with Crippen molar-refractivity contribution in [3.8, 4) is 0 Å². The molecule has 1 unspecified atom stereocenters. The Morgan fingerprint density at radius 2 is 2.00 bits per heavy atom. The molecule has 110 valence electrons. The molecule has 8 heteroatoms. The van der Waals surface area contributed by atoms with Gasteiger partial charge in [-0.25, -0.2) is 0 Å². The number of nitrogens with two attached hydrogens (primary N) is 1. The van der Waals surface area contributed by atoms with Gasteiger partial charge in [-0.05, 0) is 25.7 Å². The Hall–Kier alpha value is 0.515. The van der Waals surface area contributed by atoms with Gasteiger partial charge in [0.2, 0.25) is 0 Å². The maximum atomic E-state index is 10.2. The molecule has 0 aromatic rings. The molecule has 19 heavy (non-hydrogen) atoms. The van der Waals surface area contributed by atoms with E-state index in [4.69, 9.17) is 39.4 Å². The molecule has 0 aliphatic carbocycles. The van der Waals surface area contributed by atoms with Crippen molar-refractivity contribution in [2.75, 3.05) is 6.61 Å². The van der Waals surface area contributed by atoms with Crippen molar-refractivity contribution in [2.45, 2.75) is 63.7 Å². The summed E-state index contributed by atoms with van der Waals surface area (Å²) in [5.74, 6) is 0. The fourth-order valence-corrected chi connectivity index (χ4v) is 2.83. The SMILES string of the molecule is [B][C@@H]1O[C@H](COC(C)C)[C@@H](OP(O)(=S)C(C)C)[C@H]1N. The number of hydrogen-bond donors (Lipinski definition) is 2. The minimum absolute atomic E-state index is 0.0691. The molecule has 0 saturated carbocycles. The molecule has 0 bridgehead atoms. The van der Waals surface area contributed by atoms with Crippen LogP contribution in [-0.4, -0.2) is 55.4 Å². The van der Waals surface area contributed by atoms with Crippen molar-refractivity contribution in [2.24, 2.45) is 5.73 Å². The van der Waals surface area contributed by atoms with Gasteiger partial charge in [0.15, 0.2) is 6.49 Å². The van der Waals surface area contributed by atoms with E-state index >= 15 is 0 Å².